The highest BCUT2D eigenvalue weighted by Crippen LogP contribution is 2.41. The number of aryl methyl sites for hydroxylation is 1. The molecule has 1 aliphatic carbocycles. The van der Waals surface area contributed by atoms with Gasteiger partial charge in [-0.25, -0.2) is 0 Å². The SMILES string of the molecule is Cc1ccc(-c2n[nH]c(C3CCCCC3)c2-c2ccncc2)cc1. The second-order valence-corrected chi connectivity index (χ2v) is 6.80. The molecule has 0 saturated heterocycles. The summed E-state index contributed by atoms with van der Waals surface area (Å²) in [6.45, 7) is 2.12. The third-order valence-electron chi connectivity index (χ3n) is 5.10. The van der Waals surface area contributed by atoms with Crippen LogP contribution in [0, 0.1) is 6.92 Å². The Kier molecular flexibility index (Phi) is 4.16. The van der Waals surface area contributed by atoms with Crippen molar-refractivity contribution in [1.82, 2.24) is 15.2 Å². The first-order valence-electron chi connectivity index (χ1n) is 8.88. The van der Waals surface area contributed by atoms with Gasteiger partial charge < -0.3 is 0 Å². The Balaban J connectivity index is 1.84. The van der Waals surface area contributed by atoms with Gasteiger partial charge in [0.1, 0.15) is 5.69 Å². The monoisotopic (exact) mass is 317 g/mol. The first kappa shape index (κ1) is 15.1. The summed E-state index contributed by atoms with van der Waals surface area (Å²) >= 11 is 0. The van der Waals surface area contributed by atoms with Crippen molar-refractivity contribution in [3.05, 3.63) is 60.0 Å². The Bertz CT molecular complexity index is 797. The van der Waals surface area contributed by atoms with Gasteiger partial charge in [0.25, 0.3) is 0 Å². The second kappa shape index (κ2) is 6.60. The van der Waals surface area contributed by atoms with Gasteiger partial charge >= 0.3 is 0 Å². The van der Waals surface area contributed by atoms with Crippen LogP contribution in [0.4, 0.5) is 0 Å². The molecule has 0 radical (unpaired) electrons. The van der Waals surface area contributed by atoms with Gasteiger partial charge in [-0.2, -0.15) is 5.10 Å². The predicted molar refractivity (Wildman–Crippen MR) is 97.8 cm³/mol. The molecule has 0 unspecified atom stereocenters. The molecular weight excluding hydrogens is 294 g/mol. The molecule has 122 valence electrons. The van der Waals surface area contributed by atoms with E-state index in [1.54, 1.807) is 0 Å². The number of aromatic amines is 1. The smallest absolute Gasteiger partial charge is 0.100 e. The summed E-state index contributed by atoms with van der Waals surface area (Å²) in [5.41, 5.74) is 7.26. The molecule has 3 aromatic rings. The Morgan fingerprint density at radius 3 is 2.29 bits per heavy atom. The average molecular weight is 317 g/mol. The van der Waals surface area contributed by atoms with Crippen LogP contribution in [-0.4, -0.2) is 15.2 Å². The Labute approximate surface area is 143 Å². The van der Waals surface area contributed by atoms with Crippen LogP contribution in [0.1, 0.15) is 49.3 Å². The van der Waals surface area contributed by atoms with Gasteiger partial charge in [-0.3, -0.25) is 10.1 Å². The lowest BCUT2D eigenvalue weighted by Crippen LogP contribution is -2.06. The minimum absolute atomic E-state index is 0.591. The van der Waals surface area contributed by atoms with Crippen molar-refractivity contribution in [2.45, 2.75) is 44.9 Å². The molecule has 3 nitrogen and oxygen atoms in total. The maximum absolute atomic E-state index is 4.72. The Hall–Kier alpha value is -2.42. The van der Waals surface area contributed by atoms with E-state index in [9.17, 15) is 0 Å². The lowest BCUT2D eigenvalue weighted by atomic mass is 9.83. The molecule has 2 heterocycles. The van der Waals surface area contributed by atoms with Crippen molar-refractivity contribution in [2.75, 3.05) is 0 Å². The molecule has 0 amide bonds. The highest BCUT2D eigenvalue weighted by Gasteiger charge is 2.24. The Morgan fingerprint density at radius 1 is 0.875 bits per heavy atom. The molecule has 4 rings (SSSR count). The van der Waals surface area contributed by atoms with Crippen LogP contribution in [0.2, 0.25) is 0 Å². The summed E-state index contributed by atoms with van der Waals surface area (Å²) in [5, 5.41) is 8.11. The van der Waals surface area contributed by atoms with E-state index in [2.05, 4.69) is 53.4 Å². The number of pyridine rings is 1. The summed E-state index contributed by atoms with van der Waals surface area (Å²) < 4.78 is 0. The lowest BCUT2D eigenvalue weighted by Gasteiger charge is -2.21. The van der Waals surface area contributed by atoms with E-state index in [1.807, 2.05) is 12.4 Å². The number of aromatic nitrogens is 3. The topological polar surface area (TPSA) is 41.6 Å². The molecule has 1 fully saturated rings. The van der Waals surface area contributed by atoms with Gasteiger partial charge in [0.2, 0.25) is 0 Å². The van der Waals surface area contributed by atoms with Crippen LogP contribution in [0.25, 0.3) is 22.4 Å². The van der Waals surface area contributed by atoms with Gasteiger partial charge in [0, 0.05) is 35.1 Å². The summed E-state index contributed by atoms with van der Waals surface area (Å²) in [6.07, 6.45) is 10.2. The van der Waals surface area contributed by atoms with E-state index in [1.165, 1.54) is 60.1 Å². The predicted octanol–water partition coefficient (Wildman–Crippen LogP) is 5.49. The zero-order chi connectivity index (χ0) is 16.4. The number of hydrogen-bond donors (Lipinski definition) is 1. The summed E-state index contributed by atoms with van der Waals surface area (Å²) in [5.74, 6) is 0.591. The summed E-state index contributed by atoms with van der Waals surface area (Å²) in [6, 6.07) is 12.8. The van der Waals surface area contributed by atoms with Gasteiger partial charge in [-0.1, -0.05) is 49.1 Å². The molecule has 1 saturated carbocycles. The maximum atomic E-state index is 4.72. The van der Waals surface area contributed by atoms with Crippen LogP contribution in [-0.2, 0) is 0 Å². The molecule has 2 aromatic heterocycles. The molecule has 24 heavy (non-hydrogen) atoms. The van der Waals surface area contributed by atoms with Crippen LogP contribution in [0.15, 0.2) is 48.8 Å². The van der Waals surface area contributed by atoms with Crippen molar-refractivity contribution in [2.24, 2.45) is 0 Å². The second-order valence-electron chi connectivity index (χ2n) is 6.80. The highest BCUT2D eigenvalue weighted by molar-refractivity contribution is 5.82. The first-order chi connectivity index (χ1) is 11.8. The van der Waals surface area contributed by atoms with E-state index in [-0.39, 0.29) is 0 Å². The molecule has 0 spiro atoms. The quantitative estimate of drug-likeness (QED) is 0.693. The van der Waals surface area contributed by atoms with E-state index >= 15 is 0 Å². The van der Waals surface area contributed by atoms with Crippen molar-refractivity contribution < 1.29 is 0 Å². The van der Waals surface area contributed by atoms with Gasteiger partial charge in [-0.15, -0.1) is 0 Å². The average Bonchev–Trinajstić information content (AvgIpc) is 3.09. The van der Waals surface area contributed by atoms with Crippen LogP contribution in [0.5, 0.6) is 0 Å². The number of nitrogens with zero attached hydrogens (tertiary/aromatic N) is 2. The normalized spacial score (nSPS) is 15.5. The van der Waals surface area contributed by atoms with E-state index in [0.717, 1.165) is 5.69 Å². The first-order valence-corrected chi connectivity index (χ1v) is 8.88. The summed E-state index contributed by atoms with van der Waals surface area (Å²) in [4.78, 5) is 4.18. The fraction of sp³-hybridized carbons (Fsp3) is 0.333. The largest absolute Gasteiger partial charge is 0.281 e. The fourth-order valence-corrected chi connectivity index (χ4v) is 3.77. The minimum Gasteiger partial charge on any atom is -0.281 e. The third-order valence-corrected chi connectivity index (χ3v) is 5.10. The molecule has 3 heteroatoms. The maximum Gasteiger partial charge on any atom is 0.100 e. The van der Waals surface area contributed by atoms with E-state index in [4.69, 9.17) is 5.10 Å². The van der Waals surface area contributed by atoms with E-state index < -0.39 is 0 Å². The number of H-pyrrole nitrogens is 1. The number of hydrogen-bond acceptors (Lipinski definition) is 2. The number of nitrogens with one attached hydrogen (secondary N) is 1. The lowest BCUT2D eigenvalue weighted by molar-refractivity contribution is 0.437. The van der Waals surface area contributed by atoms with Crippen molar-refractivity contribution >= 4 is 0 Å². The van der Waals surface area contributed by atoms with E-state index in [0.29, 0.717) is 5.92 Å². The standard InChI is InChI=1S/C21H23N3/c1-15-7-9-18(10-8-15)21-19(16-11-13-22-14-12-16)20(23-24-21)17-5-3-2-4-6-17/h7-14,17H,2-6H2,1H3,(H,23,24). The van der Waals surface area contributed by atoms with Crippen LogP contribution in [0.3, 0.4) is 0 Å². The van der Waals surface area contributed by atoms with Crippen molar-refractivity contribution in [1.29, 1.82) is 0 Å². The number of benzene rings is 1. The molecule has 1 N–H and O–H groups in total. The molecule has 1 aromatic carbocycles. The molecule has 1 aliphatic rings. The zero-order valence-corrected chi connectivity index (χ0v) is 14.1. The fourth-order valence-electron chi connectivity index (χ4n) is 3.77. The molecule has 0 bridgehead atoms. The molecule has 0 atom stereocenters. The highest BCUT2D eigenvalue weighted by atomic mass is 15.1. The minimum atomic E-state index is 0.591. The van der Waals surface area contributed by atoms with Gasteiger partial charge in [0.05, 0.1) is 0 Å². The molecular formula is C21H23N3. The Morgan fingerprint density at radius 2 is 1.58 bits per heavy atom. The third kappa shape index (κ3) is 2.86. The van der Waals surface area contributed by atoms with Crippen LogP contribution >= 0.6 is 0 Å². The van der Waals surface area contributed by atoms with Gasteiger partial charge in [0.15, 0.2) is 0 Å². The zero-order valence-electron chi connectivity index (χ0n) is 14.1. The summed E-state index contributed by atoms with van der Waals surface area (Å²) in [7, 11) is 0. The van der Waals surface area contributed by atoms with Crippen molar-refractivity contribution in [3.8, 4) is 22.4 Å². The number of rotatable bonds is 3. The molecule has 0 aliphatic heterocycles. The van der Waals surface area contributed by atoms with Crippen LogP contribution < -0.4 is 0 Å². The van der Waals surface area contributed by atoms with Gasteiger partial charge in [-0.05, 0) is 37.5 Å². The van der Waals surface area contributed by atoms with Crippen molar-refractivity contribution in [3.63, 3.8) is 0 Å².